The van der Waals surface area contributed by atoms with Crippen molar-refractivity contribution in [3.8, 4) is 17.0 Å². The van der Waals surface area contributed by atoms with Gasteiger partial charge in [0.15, 0.2) is 0 Å². The molecule has 0 saturated heterocycles. The summed E-state index contributed by atoms with van der Waals surface area (Å²) >= 11 is 0. The Morgan fingerprint density at radius 1 is 0.960 bits per heavy atom. The fraction of sp³-hybridized carbons (Fsp3) is 0.522. The fourth-order valence-electron chi connectivity index (χ4n) is 3.61. The van der Waals surface area contributed by atoms with Crippen molar-refractivity contribution in [1.82, 2.24) is 4.98 Å². The summed E-state index contributed by atoms with van der Waals surface area (Å²) in [7, 11) is 0. The molecule has 0 aliphatic heterocycles. The van der Waals surface area contributed by atoms with Crippen molar-refractivity contribution in [2.75, 3.05) is 6.61 Å². The summed E-state index contributed by atoms with van der Waals surface area (Å²) < 4.78 is 5.99. The molecule has 25 heavy (non-hydrogen) atoms. The Balaban J connectivity index is 1.52. The van der Waals surface area contributed by atoms with Gasteiger partial charge in [-0.1, -0.05) is 45.1 Å². The van der Waals surface area contributed by atoms with Crippen molar-refractivity contribution in [2.24, 2.45) is 5.92 Å². The van der Waals surface area contributed by atoms with E-state index in [-0.39, 0.29) is 0 Å². The van der Waals surface area contributed by atoms with Gasteiger partial charge in [0, 0.05) is 11.8 Å². The lowest BCUT2D eigenvalue weighted by atomic mass is 9.90. The van der Waals surface area contributed by atoms with Crippen molar-refractivity contribution in [3.63, 3.8) is 0 Å². The molecule has 0 N–H and O–H groups in total. The van der Waals surface area contributed by atoms with Gasteiger partial charge < -0.3 is 4.74 Å². The molecular weight excluding hydrogens is 306 g/mol. The second-order valence-corrected chi connectivity index (χ2v) is 7.35. The second-order valence-electron chi connectivity index (χ2n) is 7.35. The van der Waals surface area contributed by atoms with E-state index in [2.05, 4.69) is 48.3 Å². The zero-order chi connectivity index (χ0) is 17.3. The van der Waals surface area contributed by atoms with Crippen molar-refractivity contribution < 1.29 is 4.74 Å². The van der Waals surface area contributed by atoms with Gasteiger partial charge in [0.25, 0.3) is 0 Å². The summed E-state index contributed by atoms with van der Waals surface area (Å²) in [6.07, 6.45) is 13.8. The summed E-state index contributed by atoms with van der Waals surface area (Å²) in [6.45, 7) is 3.11. The monoisotopic (exact) mass is 337 g/mol. The fourth-order valence-corrected chi connectivity index (χ4v) is 3.61. The highest BCUT2D eigenvalue weighted by Gasteiger charge is 2.13. The summed E-state index contributed by atoms with van der Waals surface area (Å²) in [5.74, 6) is 1.72. The van der Waals surface area contributed by atoms with Crippen LogP contribution in [0.15, 0.2) is 42.6 Å². The first-order valence-corrected chi connectivity index (χ1v) is 10.0. The van der Waals surface area contributed by atoms with Crippen LogP contribution in [0.5, 0.6) is 5.75 Å². The maximum absolute atomic E-state index is 5.99. The van der Waals surface area contributed by atoms with Crippen LogP contribution < -0.4 is 4.74 Å². The highest BCUT2D eigenvalue weighted by molar-refractivity contribution is 5.60. The first-order valence-electron chi connectivity index (χ1n) is 10.0. The molecule has 0 bridgehead atoms. The number of benzene rings is 1. The van der Waals surface area contributed by atoms with E-state index in [9.17, 15) is 0 Å². The molecular formula is C23H31NO. The van der Waals surface area contributed by atoms with Gasteiger partial charge in [0.05, 0.1) is 12.3 Å². The Hall–Kier alpha value is -1.83. The molecule has 1 saturated carbocycles. The van der Waals surface area contributed by atoms with Crippen molar-refractivity contribution >= 4 is 0 Å². The third-order valence-corrected chi connectivity index (χ3v) is 5.25. The lowest BCUT2D eigenvalue weighted by Crippen LogP contribution is -2.15. The SMILES string of the molecule is CCCCCc1ccc(-c2ccc(OCC3CCCCC3)cc2)nc1. The van der Waals surface area contributed by atoms with Gasteiger partial charge >= 0.3 is 0 Å². The number of unbranched alkanes of at least 4 members (excludes halogenated alkanes) is 2. The predicted molar refractivity (Wildman–Crippen MR) is 105 cm³/mol. The molecule has 0 atom stereocenters. The van der Waals surface area contributed by atoms with Gasteiger partial charge in [-0.25, -0.2) is 0 Å². The van der Waals surface area contributed by atoms with Crippen LogP contribution in [-0.2, 0) is 6.42 Å². The Labute approximate surface area is 152 Å². The number of hydrogen-bond acceptors (Lipinski definition) is 2. The molecule has 1 aliphatic rings. The highest BCUT2D eigenvalue weighted by Crippen LogP contribution is 2.26. The molecule has 0 spiro atoms. The van der Waals surface area contributed by atoms with Gasteiger partial charge in [-0.2, -0.15) is 0 Å². The van der Waals surface area contributed by atoms with E-state index in [0.29, 0.717) is 0 Å². The van der Waals surface area contributed by atoms with E-state index in [0.717, 1.165) is 36.0 Å². The third-order valence-electron chi connectivity index (χ3n) is 5.25. The lowest BCUT2D eigenvalue weighted by molar-refractivity contribution is 0.209. The van der Waals surface area contributed by atoms with E-state index >= 15 is 0 Å². The molecule has 134 valence electrons. The van der Waals surface area contributed by atoms with Gasteiger partial charge in [-0.15, -0.1) is 0 Å². The molecule has 0 unspecified atom stereocenters. The van der Waals surface area contributed by atoms with Gasteiger partial charge in [0.1, 0.15) is 5.75 Å². The number of nitrogens with zero attached hydrogens (tertiary/aromatic N) is 1. The number of ether oxygens (including phenoxy) is 1. The van der Waals surface area contributed by atoms with Crippen LogP contribution in [0.2, 0.25) is 0 Å². The molecule has 1 heterocycles. The summed E-state index contributed by atoms with van der Waals surface area (Å²) in [5.41, 5.74) is 3.54. The number of rotatable bonds is 8. The summed E-state index contributed by atoms with van der Waals surface area (Å²) in [4.78, 5) is 4.64. The Morgan fingerprint density at radius 3 is 2.44 bits per heavy atom. The number of hydrogen-bond donors (Lipinski definition) is 0. The number of pyridine rings is 1. The van der Waals surface area contributed by atoms with Crippen LogP contribution >= 0.6 is 0 Å². The van der Waals surface area contributed by atoms with E-state index in [1.807, 2.05) is 6.20 Å². The Bertz CT molecular complexity index is 612. The average Bonchev–Trinajstić information content (AvgIpc) is 2.68. The first-order chi connectivity index (χ1) is 12.3. The average molecular weight is 338 g/mol. The molecule has 3 rings (SSSR count). The van der Waals surface area contributed by atoms with Gasteiger partial charge in [0.2, 0.25) is 0 Å². The minimum absolute atomic E-state index is 0.746. The van der Waals surface area contributed by atoms with Crippen LogP contribution in [0.1, 0.15) is 63.9 Å². The third kappa shape index (κ3) is 5.59. The number of aromatic nitrogens is 1. The Morgan fingerprint density at radius 2 is 1.76 bits per heavy atom. The molecule has 1 aliphatic carbocycles. The Kier molecular flexibility index (Phi) is 6.90. The van der Waals surface area contributed by atoms with E-state index in [1.54, 1.807) is 0 Å². The standard InChI is InChI=1S/C23H31NO/c1-2-3-5-8-19-11-16-23(24-17-19)21-12-14-22(15-13-21)25-18-20-9-6-4-7-10-20/h11-17,20H,2-10,18H2,1H3. The van der Waals surface area contributed by atoms with Crippen LogP contribution in [0.4, 0.5) is 0 Å². The van der Waals surface area contributed by atoms with Gasteiger partial charge in [-0.05, 0) is 67.5 Å². The van der Waals surface area contributed by atoms with E-state index in [4.69, 9.17) is 4.74 Å². The normalized spacial score (nSPS) is 15.2. The first kappa shape index (κ1) is 18.0. The minimum atomic E-state index is 0.746. The van der Waals surface area contributed by atoms with Crippen LogP contribution in [-0.4, -0.2) is 11.6 Å². The van der Waals surface area contributed by atoms with E-state index in [1.165, 1.54) is 56.9 Å². The molecule has 2 nitrogen and oxygen atoms in total. The second kappa shape index (κ2) is 9.60. The molecule has 1 fully saturated rings. The van der Waals surface area contributed by atoms with Crippen molar-refractivity contribution in [1.29, 1.82) is 0 Å². The smallest absolute Gasteiger partial charge is 0.119 e. The van der Waals surface area contributed by atoms with Crippen LogP contribution in [0.3, 0.4) is 0 Å². The van der Waals surface area contributed by atoms with Crippen molar-refractivity contribution in [3.05, 3.63) is 48.2 Å². The minimum Gasteiger partial charge on any atom is -0.493 e. The summed E-state index contributed by atoms with van der Waals surface area (Å²) in [6, 6.07) is 12.7. The molecule has 2 aromatic rings. The van der Waals surface area contributed by atoms with E-state index < -0.39 is 0 Å². The maximum atomic E-state index is 5.99. The van der Waals surface area contributed by atoms with Crippen LogP contribution in [0, 0.1) is 5.92 Å². The lowest BCUT2D eigenvalue weighted by Gasteiger charge is -2.21. The zero-order valence-electron chi connectivity index (χ0n) is 15.5. The zero-order valence-corrected chi connectivity index (χ0v) is 15.5. The molecule has 0 amide bonds. The predicted octanol–water partition coefficient (Wildman–Crippen LogP) is 6.44. The molecule has 1 aromatic carbocycles. The molecule has 0 radical (unpaired) electrons. The topological polar surface area (TPSA) is 22.1 Å². The highest BCUT2D eigenvalue weighted by atomic mass is 16.5. The number of aryl methyl sites for hydroxylation is 1. The summed E-state index contributed by atoms with van der Waals surface area (Å²) in [5, 5.41) is 0. The largest absolute Gasteiger partial charge is 0.493 e. The molecule has 1 aromatic heterocycles. The van der Waals surface area contributed by atoms with Gasteiger partial charge in [-0.3, -0.25) is 4.98 Å². The van der Waals surface area contributed by atoms with Crippen molar-refractivity contribution in [2.45, 2.75) is 64.7 Å². The quantitative estimate of drug-likeness (QED) is 0.517. The molecule has 2 heteroatoms. The van der Waals surface area contributed by atoms with Crippen LogP contribution in [0.25, 0.3) is 11.3 Å². The maximum Gasteiger partial charge on any atom is 0.119 e.